The summed E-state index contributed by atoms with van der Waals surface area (Å²) in [6.45, 7) is 0.520. The Morgan fingerprint density at radius 1 is 1.27 bits per heavy atom. The number of ether oxygens (including phenoxy) is 1. The Morgan fingerprint density at radius 2 is 2.07 bits per heavy atom. The van der Waals surface area contributed by atoms with E-state index in [2.05, 4.69) is 15.3 Å². The van der Waals surface area contributed by atoms with Crippen LogP contribution in [0.2, 0.25) is 5.15 Å². The molecule has 30 heavy (non-hydrogen) atoms. The van der Waals surface area contributed by atoms with E-state index in [4.69, 9.17) is 16.3 Å². The Morgan fingerprint density at radius 3 is 2.80 bits per heavy atom. The maximum Gasteiger partial charge on any atom is 0.270 e. The zero-order valence-electron chi connectivity index (χ0n) is 15.7. The van der Waals surface area contributed by atoms with Crippen LogP contribution in [-0.4, -0.2) is 46.3 Å². The number of amides is 1. The Balaban J connectivity index is 1.74. The number of nitrogens with one attached hydrogen (secondary N) is 1. The van der Waals surface area contributed by atoms with E-state index in [0.29, 0.717) is 29.3 Å². The minimum atomic E-state index is -0.850. The Kier molecular flexibility index (Phi) is 5.90. The maximum atomic E-state index is 14.6. The van der Waals surface area contributed by atoms with Crippen LogP contribution in [-0.2, 0) is 11.2 Å². The van der Waals surface area contributed by atoms with E-state index in [1.807, 2.05) is 0 Å². The van der Waals surface area contributed by atoms with Crippen molar-refractivity contribution in [2.75, 3.05) is 13.2 Å². The summed E-state index contributed by atoms with van der Waals surface area (Å²) in [5, 5.41) is 13.0. The topological polar surface area (TPSA) is 84.3 Å². The first kappa shape index (κ1) is 20.6. The van der Waals surface area contributed by atoms with Gasteiger partial charge in [-0.3, -0.25) is 4.79 Å². The number of pyridine rings is 2. The van der Waals surface area contributed by atoms with Gasteiger partial charge in [-0.25, -0.2) is 18.7 Å². The number of carbonyl (C=O) groups excluding carboxylic acids is 1. The third-order valence-corrected chi connectivity index (χ3v) is 5.22. The fourth-order valence-electron chi connectivity index (χ4n) is 3.47. The monoisotopic (exact) mass is 433 g/mol. The molecule has 9 heteroatoms. The van der Waals surface area contributed by atoms with Gasteiger partial charge in [-0.15, -0.1) is 0 Å². The quantitative estimate of drug-likeness (QED) is 0.618. The number of benzene rings is 1. The maximum absolute atomic E-state index is 14.6. The van der Waals surface area contributed by atoms with Crippen LogP contribution in [0.5, 0.6) is 0 Å². The summed E-state index contributed by atoms with van der Waals surface area (Å²) in [4.78, 5) is 20.8. The summed E-state index contributed by atoms with van der Waals surface area (Å²) >= 11 is 5.81. The van der Waals surface area contributed by atoms with Crippen LogP contribution in [0.15, 0.2) is 36.5 Å². The first-order valence-electron chi connectivity index (χ1n) is 9.37. The normalized spacial score (nSPS) is 19.1. The summed E-state index contributed by atoms with van der Waals surface area (Å²) in [6, 6.07) is 6.24. The number of nitrogens with zero attached hydrogens (tertiary/aromatic N) is 2. The SMILES string of the molecule is O=C(N[C@H]1CCOC[C@@H]1O)c1cc(Cc2ccc(Cl)nc2)c2c(F)ccc(F)c2n1. The molecule has 0 spiro atoms. The molecule has 156 valence electrons. The number of fused-ring (bicyclic) bond motifs is 1. The molecule has 1 aromatic carbocycles. The van der Waals surface area contributed by atoms with Gasteiger partial charge in [0.25, 0.3) is 5.91 Å². The molecular weight excluding hydrogens is 416 g/mol. The molecule has 0 radical (unpaired) electrons. The number of aromatic nitrogens is 2. The molecule has 6 nitrogen and oxygen atoms in total. The van der Waals surface area contributed by atoms with Crippen LogP contribution in [0.4, 0.5) is 8.78 Å². The summed E-state index contributed by atoms with van der Waals surface area (Å²) in [5.74, 6) is -1.95. The first-order valence-corrected chi connectivity index (χ1v) is 9.75. The molecule has 0 aliphatic carbocycles. The van der Waals surface area contributed by atoms with E-state index in [1.54, 1.807) is 12.1 Å². The largest absolute Gasteiger partial charge is 0.389 e. The molecule has 3 aromatic rings. The molecule has 1 fully saturated rings. The minimum absolute atomic E-state index is 0.00704. The number of carbonyl (C=O) groups is 1. The van der Waals surface area contributed by atoms with Gasteiger partial charge in [-0.2, -0.15) is 0 Å². The van der Waals surface area contributed by atoms with E-state index in [-0.39, 0.29) is 29.6 Å². The van der Waals surface area contributed by atoms with E-state index in [0.717, 1.165) is 12.1 Å². The van der Waals surface area contributed by atoms with Gasteiger partial charge in [-0.1, -0.05) is 17.7 Å². The minimum Gasteiger partial charge on any atom is -0.389 e. The van der Waals surface area contributed by atoms with E-state index in [1.165, 1.54) is 12.3 Å². The molecule has 0 bridgehead atoms. The van der Waals surface area contributed by atoms with Gasteiger partial charge in [0, 0.05) is 18.2 Å². The predicted molar refractivity (Wildman–Crippen MR) is 106 cm³/mol. The molecule has 1 amide bonds. The van der Waals surface area contributed by atoms with Gasteiger partial charge >= 0.3 is 0 Å². The number of rotatable bonds is 4. The molecule has 0 unspecified atom stereocenters. The number of hydrogen-bond acceptors (Lipinski definition) is 5. The Hall–Kier alpha value is -2.68. The average molecular weight is 434 g/mol. The third-order valence-electron chi connectivity index (χ3n) is 5.00. The molecular formula is C21H18ClF2N3O3. The summed E-state index contributed by atoms with van der Waals surface area (Å²) in [6.07, 6.45) is 1.32. The van der Waals surface area contributed by atoms with Crippen LogP contribution < -0.4 is 5.32 Å². The second kappa shape index (κ2) is 8.59. The number of hydrogen-bond donors (Lipinski definition) is 2. The van der Waals surface area contributed by atoms with Crippen molar-refractivity contribution in [3.63, 3.8) is 0 Å². The van der Waals surface area contributed by atoms with Gasteiger partial charge < -0.3 is 15.2 Å². The van der Waals surface area contributed by atoms with Crippen LogP contribution in [0.3, 0.4) is 0 Å². The molecule has 1 saturated heterocycles. The zero-order chi connectivity index (χ0) is 21.3. The molecule has 4 rings (SSSR count). The van der Waals surface area contributed by atoms with Crippen molar-refractivity contribution in [3.8, 4) is 0 Å². The molecule has 2 N–H and O–H groups in total. The molecule has 3 heterocycles. The van der Waals surface area contributed by atoms with Crippen LogP contribution >= 0.6 is 11.6 Å². The number of halogens is 3. The lowest BCUT2D eigenvalue weighted by Crippen LogP contribution is -2.48. The molecule has 1 aliphatic heterocycles. The first-order chi connectivity index (χ1) is 14.4. The summed E-state index contributed by atoms with van der Waals surface area (Å²) in [7, 11) is 0. The van der Waals surface area contributed by atoms with Crippen molar-refractivity contribution in [2.45, 2.75) is 25.0 Å². The van der Waals surface area contributed by atoms with Crippen LogP contribution in [0.1, 0.15) is 28.0 Å². The van der Waals surface area contributed by atoms with Crippen molar-refractivity contribution in [1.82, 2.24) is 15.3 Å². The fraction of sp³-hybridized carbons (Fsp3) is 0.286. The fourth-order valence-corrected chi connectivity index (χ4v) is 3.58. The standard InChI is InChI=1S/C21H18ClF2N3O3/c22-18-4-1-11(9-25-18)7-12-8-16(21(29)27-15-5-6-30-10-17(15)28)26-20-14(24)3-2-13(23)19(12)20/h1-4,8-9,15,17,28H,5-7,10H2,(H,27,29)/t15-,17-/m0/s1. The Labute approximate surface area is 175 Å². The van der Waals surface area contributed by atoms with Gasteiger partial charge in [0.1, 0.15) is 28.0 Å². The highest BCUT2D eigenvalue weighted by Crippen LogP contribution is 2.26. The highest BCUT2D eigenvalue weighted by atomic mass is 35.5. The van der Waals surface area contributed by atoms with Crippen molar-refractivity contribution in [2.24, 2.45) is 0 Å². The van der Waals surface area contributed by atoms with Gasteiger partial charge in [0.15, 0.2) is 0 Å². The predicted octanol–water partition coefficient (Wildman–Crippen LogP) is 3.03. The zero-order valence-corrected chi connectivity index (χ0v) is 16.5. The molecule has 1 aliphatic rings. The van der Waals surface area contributed by atoms with Crippen molar-refractivity contribution < 1.29 is 23.4 Å². The van der Waals surface area contributed by atoms with E-state index >= 15 is 0 Å². The second-order valence-corrected chi connectivity index (χ2v) is 7.48. The van der Waals surface area contributed by atoms with Crippen molar-refractivity contribution >= 4 is 28.4 Å². The Bertz CT molecular complexity index is 1100. The molecule has 2 aromatic heterocycles. The van der Waals surface area contributed by atoms with E-state index in [9.17, 15) is 18.7 Å². The van der Waals surface area contributed by atoms with Gasteiger partial charge in [0.2, 0.25) is 0 Å². The highest BCUT2D eigenvalue weighted by molar-refractivity contribution is 6.29. The van der Waals surface area contributed by atoms with E-state index < -0.39 is 29.7 Å². The van der Waals surface area contributed by atoms with Gasteiger partial charge in [0.05, 0.1) is 18.8 Å². The lowest BCUT2D eigenvalue weighted by Gasteiger charge is -2.28. The van der Waals surface area contributed by atoms with Crippen molar-refractivity contribution in [3.05, 3.63) is 70.1 Å². The van der Waals surface area contributed by atoms with Crippen LogP contribution in [0, 0.1) is 11.6 Å². The lowest BCUT2D eigenvalue weighted by molar-refractivity contribution is -0.0261. The summed E-state index contributed by atoms with van der Waals surface area (Å²) in [5.41, 5.74) is 0.801. The lowest BCUT2D eigenvalue weighted by atomic mass is 10.00. The number of aliphatic hydroxyl groups excluding tert-OH is 1. The average Bonchev–Trinajstić information content (AvgIpc) is 2.74. The smallest absolute Gasteiger partial charge is 0.270 e. The van der Waals surface area contributed by atoms with Crippen molar-refractivity contribution in [1.29, 1.82) is 0 Å². The molecule has 0 saturated carbocycles. The highest BCUT2D eigenvalue weighted by Gasteiger charge is 2.26. The third kappa shape index (κ3) is 4.26. The summed E-state index contributed by atoms with van der Waals surface area (Å²) < 4.78 is 34.2. The second-order valence-electron chi connectivity index (χ2n) is 7.10. The van der Waals surface area contributed by atoms with Crippen LogP contribution in [0.25, 0.3) is 10.9 Å². The van der Waals surface area contributed by atoms with Gasteiger partial charge in [-0.05, 0) is 48.2 Å². The molecule has 2 atom stereocenters. The number of aliphatic hydroxyl groups is 1.